The fourth-order valence-corrected chi connectivity index (χ4v) is 1.17. The standard InChI is InChI=1S/C10H20N6O3/c1-7(2)19-10-14-8(13-9(15-10)16-11)12-3-5-18-6-4-17/h7,17H,3-6,11H2,1-2H3,(H2,12,13,14,15,16). The number of aromatic nitrogens is 3. The summed E-state index contributed by atoms with van der Waals surface area (Å²) in [6.45, 7) is 4.97. The van der Waals surface area contributed by atoms with Crippen LogP contribution in [0.25, 0.3) is 0 Å². The van der Waals surface area contributed by atoms with Crippen molar-refractivity contribution in [1.29, 1.82) is 0 Å². The predicted molar refractivity (Wildman–Crippen MR) is 69.8 cm³/mol. The maximum Gasteiger partial charge on any atom is 0.323 e. The summed E-state index contributed by atoms with van der Waals surface area (Å²) in [7, 11) is 0. The number of nitrogens with zero attached hydrogens (tertiary/aromatic N) is 3. The lowest BCUT2D eigenvalue weighted by Crippen LogP contribution is -2.18. The van der Waals surface area contributed by atoms with Crippen LogP contribution in [0.1, 0.15) is 13.8 Å². The van der Waals surface area contributed by atoms with E-state index in [0.29, 0.717) is 25.7 Å². The number of hydrazine groups is 1. The Bertz CT molecular complexity index is 376. The molecule has 108 valence electrons. The van der Waals surface area contributed by atoms with Crippen LogP contribution in [0.2, 0.25) is 0 Å². The third-order valence-corrected chi connectivity index (χ3v) is 1.85. The monoisotopic (exact) mass is 272 g/mol. The molecule has 9 heteroatoms. The van der Waals surface area contributed by atoms with Gasteiger partial charge in [-0.15, -0.1) is 0 Å². The van der Waals surface area contributed by atoms with Gasteiger partial charge < -0.3 is 19.9 Å². The molecule has 1 heterocycles. The van der Waals surface area contributed by atoms with Crippen LogP contribution in [-0.4, -0.2) is 52.5 Å². The average molecular weight is 272 g/mol. The van der Waals surface area contributed by atoms with Crippen LogP contribution < -0.4 is 21.3 Å². The lowest BCUT2D eigenvalue weighted by atomic mass is 10.5. The number of nitrogens with two attached hydrogens (primary N) is 1. The van der Waals surface area contributed by atoms with E-state index in [1.165, 1.54) is 0 Å². The van der Waals surface area contributed by atoms with Crippen molar-refractivity contribution in [2.45, 2.75) is 20.0 Å². The molecule has 0 saturated heterocycles. The molecule has 0 aliphatic rings. The molecular weight excluding hydrogens is 252 g/mol. The summed E-state index contributed by atoms with van der Waals surface area (Å²) in [5.74, 6) is 5.83. The van der Waals surface area contributed by atoms with Crippen molar-refractivity contribution in [3.63, 3.8) is 0 Å². The number of hydrogen-bond donors (Lipinski definition) is 4. The van der Waals surface area contributed by atoms with Gasteiger partial charge >= 0.3 is 6.01 Å². The minimum absolute atomic E-state index is 0.000620. The SMILES string of the molecule is CC(C)Oc1nc(NN)nc(NCCOCCO)n1. The zero-order valence-electron chi connectivity index (χ0n) is 11.1. The van der Waals surface area contributed by atoms with Gasteiger partial charge in [-0.1, -0.05) is 0 Å². The topological polar surface area (TPSA) is 127 Å². The van der Waals surface area contributed by atoms with Crippen molar-refractivity contribution in [2.24, 2.45) is 5.84 Å². The molecule has 0 fully saturated rings. The first kappa shape index (κ1) is 15.3. The van der Waals surface area contributed by atoms with Gasteiger partial charge in [0, 0.05) is 6.54 Å². The minimum atomic E-state index is -0.0474. The summed E-state index contributed by atoms with van der Waals surface area (Å²) in [5, 5.41) is 11.5. The van der Waals surface area contributed by atoms with Crippen LogP contribution in [0.5, 0.6) is 6.01 Å². The highest BCUT2D eigenvalue weighted by atomic mass is 16.5. The molecule has 0 spiro atoms. The summed E-state index contributed by atoms with van der Waals surface area (Å²) < 4.78 is 10.5. The summed E-state index contributed by atoms with van der Waals surface area (Å²) in [6, 6.07) is 0.191. The highest BCUT2D eigenvalue weighted by Gasteiger charge is 2.07. The summed E-state index contributed by atoms with van der Waals surface area (Å²) in [4.78, 5) is 12.1. The summed E-state index contributed by atoms with van der Waals surface area (Å²) in [6.07, 6.45) is -0.0474. The van der Waals surface area contributed by atoms with E-state index in [0.717, 1.165) is 0 Å². The van der Waals surface area contributed by atoms with E-state index in [4.69, 9.17) is 20.4 Å². The second-order valence-electron chi connectivity index (χ2n) is 3.84. The second kappa shape index (κ2) is 8.40. The van der Waals surface area contributed by atoms with Gasteiger partial charge in [-0.2, -0.15) is 15.0 Å². The Morgan fingerprint density at radius 1 is 1.21 bits per heavy atom. The summed E-state index contributed by atoms with van der Waals surface area (Å²) >= 11 is 0. The van der Waals surface area contributed by atoms with Crippen LogP contribution in [0.4, 0.5) is 11.9 Å². The van der Waals surface area contributed by atoms with Crippen LogP contribution in [-0.2, 0) is 4.74 Å². The van der Waals surface area contributed by atoms with Gasteiger partial charge in [-0.25, -0.2) is 5.84 Å². The molecule has 0 aromatic carbocycles. The number of aliphatic hydroxyl groups excluding tert-OH is 1. The number of nitrogens with one attached hydrogen (secondary N) is 2. The van der Waals surface area contributed by atoms with Gasteiger partial charge in [0.15, 0.2) is 0 Å². The molecule has 0 radical (unpaired) electrons. The Morgan fingerprint density at radius 2 is 1.95 bits per heavy atom. The van der Waals surface area contributed by atoms with Crippen molar-refractivity contribution in [2.75, 3.05) is 37.1 Å². The second-order valence-corrected chi connectivity index (χ2v) is 3.84. The molecule has 0 bridgehead atoms. The number of rotatable bonds is 9. The molecule has 0 aliphatic heterocycles. The molecule has 0 atom stereocenters. The molecule has 0 unspecified atom stereocenters. The van der Waals surface area contributed by atoms with Crippen LogP contribution in [0.3, 0.4) is 0 Å². The maximum absolute atomic E-state index is 8.55. The molecular formula is C10H20N6O3. The third-order valence-electron chi connectivity index (χ3n) is 1.85. The van der Waals surface area contributed by atoms with E-state index in [-0.39, 0.29) is 24.7 Å². The Kier molecular flexibility index (Phi) is 6.79. The number of hydrogen-bond acceptors (Lipinski definition) is 9. The van der Waals surface area contributed by atoms with Gasteiger partial charge in [-0.3, -0.25) is 5.43 Å². The average Bonchev–Trinajstić information content (AvgIpc) is 2.37. The number of nitrogen functional groups attached to an aromatic ring is 1. The van der Waals surface area contributed by atoms with Gasteiger partial charge in [0.1, 0.15) is 0 Å². The number of ether oxygens (including phenoxy) is 2. The summed E-state index contributed by atoms with van der Waals surface area (Å²) in [5.41, 5.74) is 2.35. The van der Waals surface area contributed by atoms with E-state index in [2.05, 4.69) is 25.7 Å². The number of aliphatic hydroxyl groups is 1. The van der Waals surface area contributed by atoms with E-state index in [1.807, 2.05) is 13.8 Å². The van der Waals surface area contributed by atoms with Crippen molar-refractivity contribution in [3.05, 3.63) is 0 Å². The van der Waals surface area contributed by atoms with Crippen molar-refractivity contribution in [3.8, 4) is 6.01 Å². The molecule has 5 N–H and O–H groups in total. The first-order valence-corrected chi connectivity index (χ1v) is 5.97. The molecule has 0 aliphatic carbocycles. The van der Waals surface area contributed by atoms with E-state index in [9.17, 15) is 0 Å². The van der Waals surface area contributed by atoms with Crippen molar-refractivity contribution < 1.29 is 14.6 Å². The first-order valence-electron chi connectivity index (χ1n) is 5.97. The lowest BCUT2D eigenvalue weighted by Gasteiger charge is -2.11. The third kappa shape index (κ3) is 6.13. The fraction of sp³-hybridized carbons (Fsp3) is 0.700. The quantitative estimate of drug-likeness (QED) is 0.264. The van der Waals surface area contributed by atoms with Gasteiger partial charge in [0.25, 0.3) is 0 Å². The highest BCUT2D eigenvalue weighted by Crippen LogP contribution is 2.11. The Balaban J connectivity index is 2.55. The molecule has 1 aromatic heterocycles. The Hall–Kier alpha value is -1.71. The maximum atomic E-state index is 8.55. The molecule has 0 amide bonds. The van der Waals surface area contributed by atoms with Crippen molar-refractivity contribution >= 4 is 11.9 Å². The molecule has 19 heavy (non-hydrogen) atoms. The van der Waals surface area contributed by atoms with Crippen molar-refractivity contribution in [1.82, 2.24) is 15.0 Å². The number of anilines is 2. The first-order chi connectivity index (χ1) is 9.15. The zero-order chi connectivity index (χ0) is 14.1. The zero-order valence-corrected chi connectivity index (χ0v) is 11.1. The minimum Gasteiger partial charge on any atom is -0.461 e. The Morgan fingerprint density at radius 3 is 2.58 bits per heavy atom. The van der Waals surface area contributed by atoms with Gasteiger partial charge in [0.05, 0.1) is 25.9 Å². The lowest BCUT2D eigenvalue weighted by molar-refractivity contribution is 0.0991. The van der Waals surface area contributed by atoms with Crippen LogP contribution in [0.15, 0.2) is 0 Å². The smallest absolute Gasteiger partial charge is 0.323 e. The highest BCUT2D eigenvalue weighted by molar-refractivity contribution is 5.34. The van der Waals surface area contributed by atoms with E-state index in [1.54, 1.807) is 0 Å². The fourth-order valence-electron chi connectivity index (χ4n) is 1.17. The van der Waals surface area contributed by atoms with Crippen LogP contribution >= 0.6 is 0 Å². The van der Waals surface area contributed by atoms with Gasteiger partial charge in [-0.05, 0) is 13.8 Å². The van der Waals surface area contributed by atoms with E-state index >= 15 is 0 Å². The predicted octanol–water partition coefficient (Wildman–Crippen LogP) is -0.635. The normalized spacial score (nSPS) is 10.6. The molecule has 9 nitrogen and oxygen atoms in total. The van der Waals surface area contributed by atoms with Crippen LogP contribution in [0, 0.1) is 0 Å². The Labute approximate surface area is 111 Å². The van der Waals surface area contributed by atoms with Gasteiger partial charge in [0.2, 0.25) is 11.9 Å². The molecule has 1 rings (SSSR count). The molecule has 0 saturated carbocycles. The largest absolute Gasteiger partial charge is 0.461 e. The molecule has 1 aromatic rings. The van der Waals surface area contributed by atoms with E-state index < -0.39 is 0 Å².